The van der Waals surface area contributed by atoms with Gasteiger partial charge in [-0.1, -0.05) is 30.3 Å². The summed E-state index contributed by atoms with van der Waals surface area (Å²) in [6.07, 6.45) is 6.04. The molecule has 2 aliphatic rings. The van der Waals surface area contributed by atoms with Crippen LogP contribution in [0, 0.1) is 13.8 Å². The van der Waals surface area contributed by atoms with Gasteiger partial charge in [0.05, 0.1) is 18.3 Å². The van der Waals surface area contributed by atoms with E-state index in [1.165, 1.54) is 16.7 Å². The van der Waals surface area contributed by atoms with Crippen molar-refractivity contribution in [2.24, 2.45) is 0 Å². The molecule has 1 aromatic carbocycles. The van der Waals surface area contributed by atoms with Gasteiger partial charge in [-0.15, -0.1) is 0 Å². The number of pyridine rings is 1. The van der Waals surface area contributed by atoms with Crippen LogP contribution in [0.25, 0.3) is 0 Å². The van der Waals surface area contributed by atoms with Gasteiger partial charge in [0.2, 0.25) is 0 Å². The molecule has 2 fully saturated rings. The van der Waals surface area contributed by atoms with Gasteiger partial charge < -0.3 is 9.47 Å². The lowest BCUT2D eigenvalue weighted by Gasteiger charge is -2.53. The summed E-state index contributed by atoms with van der Waals surface area (Å²) in [5.74, 6) is 0. The quantitative estimate of drug-likeness (QED) is 0.823. The Morgan fingerprint density at radius 2 is 2.08 bits per heavy atom. The van der Waals surface area contributed by atoms with E-state index >= 15 is 0 Å². The molecular formula is C22H28N2O2. The number of aryl methyl sites for hydroxylation is 2. The Balaban J connectivity index is 1.28. The van der Waals surface area contributed by atoms with Gasteiger partial charge in [-0.25, -0.2) is 0 Å². The molecule has 26 heavy (non-hydrogen) atoms. The van der Waals surface area contributed by atoms with Gasteiger partial charge in [-0.2, -0.15) is 0 Å². The highest BCUT2D eigenvalue weighted by Gasteiger charge is 2.47. The van der Waals surface area contributed by atoms with E-state index in [9.17, 15) is 0 Å². The van der Waals surface area contributed by atoms with Crippen molar-refractivity contribution in [1.82, 2.24) is 9.88 Å². The first-order chi connectivity index (χ1) is 12.6. The molecule has 4 rings (SSSR count). The Hall–Kier alpha value is -1.75. The molecule has 1 aromatic heterocycles. The Bertz CT molecular complexity index is 755. The van der Waals surface area contributed by atoms with Crippen LogP contribution in [-0.2, 0) is 22.6 Å². The molecule has 0 N–H and O–H groups in total. The van der Waals surface area contributed by atoms with Crippen LogP contribution in [0.1, 0.15) is 35.1 Å². The van der Waals surface area contributed by atoms with Crippen LogP contribution >= 0.6 is 0 Å². The highest BCUT2D eigenvalue weighted by atomic mass is 16.5. The third-order valence-electron chi connectivity index (χ3n) is 5.54. The number of benzene rings is 1. The van der Waals surface area contributed by atoms with E-state index in [2.05, 4.69) is 54.1 Å². The fourth-order valence-corrected chi connectivity index (χ4v) is 4.16. The van der Waals surface area contributed by atoms with E-state index in [-0.39, 0.29) is 11.7 Å². The zero-order chi connectivity index (χ0) is 18.0. The fourth-order valence-electron chi connectivity index (χ4n) is 4.16. The average Bonchev–Trinajstić information content (AvgIpc) is 2.61. The molecule has 138 valence electrons. The predicted octanol–water partition coefficient (Wildman–Crippen LogP) is 3.65. The maximum Gasteiger partial charge on any atom is 0.0959 e. The molecule has 2 saturated heterocycles. The Morgan fingerprint density at radius 1 is 1.23 bits per heavy atom. The van der Waals surface area contributed by atoms with Crippen LogP contribution in [0.5, 0.6) is 0 Å². The third kappa shape index (κ3) is 3.98. The number of hydrogen-bond acceptors (Lipinski definition) is 4. The minimum absolute atomic E-state index is 0.00352. The first-order valence-electron chi connectivity index (χ1n) is 9.55. The van der Waals surface area contributed by atoms with Crippen LogP contribution < -0.4 is 0 Å². The van der Waals surface area contributed by atoms with Crippen LogP contribution in [0.2, 0.25) is 0 Å². The molecule has 2 aliphatic heterocycles. The smallest absolute Gasteiger partial charge is 0.0959 e. The summed E-state index contributed by atoms with van der Waals surface area (Å²) < 4.78 is 12.4. The normalized spacial score (nSPS) is 22.3. The van der Waals surface area contributed by atoms with Crippen LogP contribution in [0.15, 0.2) is 42.7 Å². The van der Waals surface area contributed by atoms with Crippen LogP contribution in [0.3, 0.4) is 0 Å². The number of aromatic nitrogens is 1. The zero-order valence-corrected chi connectivity index (χ0v) is 15.8. The number of ether oxygens (including phenoxy) is 2. The summed E-state index contributed by atoms with van der Waals surface area (Å²) in [6, 6.07) is 10.8. The third-order valence-corrected chi connectivity index (χ3v) is 5.54. The van der Waals surface area contributed by atoms with Gasteiger partial charge in [-0.05, 0) is 42.5 Å². The molecule has 0 aliphatic carbocycles. The highest BCUT2D eigenvalue weighted by Crippen LogP contribution is 2.36. The summed E-state index contributed by atoms with van der Waals surface area (Å²) >= 11 is 0. The van der Waals surface area contributed by atoms with E-state index in [1.807, 2.05) is 12.4 Å². The molecule has 3 heterocycles. The lowest BCUT2D eigenvalue weighted by atomic mass is 9.84. The molecule has 0 saturated carbocycles. The lowest BCUT2D eigenvalue weighted by Crippen LogP contribution is -2.65. The monoisotopic (exact) mass is 352 g/mol. The van der Waals surface area contributed by atoms with Crippen molar-refractivity contribution < 1.29 is 9.47 Å². The number of rotatable bonds is 5. The fraction of sp³-hybridized carbons (Fsp3) is 0.500. The van der Waals surface area contributed by atoms with Crippen molar-refractivity contribution in [3.8, 4) is 0 Å². The first-order valence-corrected chi connectivity index (χ1v) is 9.55. The van der Waals surface area contributed by atoms with Crippen LogP contribution in [-0.4, -0.2) is 41.3 Å². The summed E-state index contributed by atoms with van der Waals surface area (Å²) in [7, 11) is 0. The van der Waals surface area contributed by atoms with Gasteiger partial charge in [0.25, 0.3) is 0 Å². The van der Waals surface area contributed by atoms with Gasteiger partial charge in [0.1, 0.15) is 0 Å². The minimum Gasteiger partial charge on any atom is -0.373 e. The second kappa shape index (κ2) is 7.47. The summed E-state index contributed by atoms with van der Waals surface area (Å²) in [5, 5.41) is 0. The van der Waals surface area contributed by atoms with E-state index < -0.39 is 0 Å². The molecule has 0 bridgehead atoms. The van der Waals surface area contributed by atoms with Crippen LogP contribution in [0.4, 0.5) is 0 Å². The average molecular weight is 352 g/mol. The molecule has 0 amide bonds. The predicted molar refractivity (Wildman–Crippen MR) is 102 cm³/mol. The van der Waals surface area contributed by atoms with E-state index in [1.54, 1.807) is 0 Å². The SMILES string of the molecule is Cc1cncc(CO[C@H]2CCOC3(C2)CN(Cc2ccccc2C)C3)c1. The maximum atomic E-state index is 6.19. The standard InChI is InChI=1S/C22H28N2O2/c1-17-9-19(12-23-11-17)14-25-21-7-8-26-22(10-21)15-24(16-22)13-20-6-4-3-5-18(20)2/h3-6,9,11-12,21H,7-8,10,13-16H2,1-2H3/t21-/m0/s1. The van der Waals surface area contributed by atoms with Gasteiger partial charge >= 0.3 is 0 Å². The molecule has 0 radical (unpaired) electrons. The topological polar surface area (TPSA) is 34.6 Å². The molecule has 0 unspecified atom stereocenters. The molecule has 1 atom stereocenters. The van der Waals surface area contributed by atoms with Crippen molar-refractivity contribution >= 4 is 0 Å². The highest BCUT2D eigenvalue weighted by molar-refractivity contribution is 5.26. The second-order valence-corrected chi connectivity index (χ2v) is 7.90. The molecule has 4 nitrogen and oxygen atoms in total. The Kier molecular flexibility index (Phi) is 5.07. The van der Waals surface area contributed by atoms with Crippen molar-refractivity contribution in [1.29, 1.82) is 0 Å². The minimum atomic E-state index is -0.00352. The van der Waals surface area contributed by atoms with Crippen molar-refractivity contribution in [3.05, 3.63) is 65.0 Å². The zero-order valence-electron chi connectivity index (χ0n) is 15.8. The molecular weight excluding hydrogens is 324 g/mol. The number of hydrogen-bond donors (Lipinski definition) is 0. The van der Waals surface area contributed by atoms with Gasteiger partial charge in [-0.3, -0.25) is 9.88 Å². The van der Waals surface area contributed by atoms with Crippen molar-refractivity contribution in [3.63, 3.8) is 0 Å². The Labute approximate surface area is 156 Å². The van der Waals surface area contributed by atoms with E-state index in [4.69, 9.17) is 9.47 Å². The number of likely N-dealkylation sites (tertiary alicyclic amines) is 1. The molecule has 1 spiro atoms. The summed E-state index contributed by atoms with van der Waals surface area (Å²) in [5.41, 5.74) is 5.11. The molecule has 2 aromatic rings. The van der Waals surface area contributed by atoms with Crippen molar-refractivity contribution in [2.75, 3.05) is 19.7 Å². The summed E-state index contributed by atoms with van der Waals surface area (Å²) in [6.45, 7) is 8.72. The van der Waals surface area contributed by atoms with E-state index in [0.29, 0.717) is 6.61 Å². The molecule has 4 heteroatoms. The first kappa shape index (κ1) is 17.7. The van der Waals surface area contributed by atoms with Gasteiger partial charge in [0.15, 0.2) is 0 Å². The Morgan fingerprint density at radius 3 is 2.88 bits per heavy atom. The largest absolute Gasteiger partial charge is 0.373 e. The maximum absolute atomic E-state index is 6.19. The van der Waals surface area contributed by atoms with Gasteiger partial charge in [0, 0.05) is 45.1 Å². The lowest BCUT2D eigenvalue weighted by molar-refractivity contribution is -0.200. The van der Waals surface area contributed by atoms with Crippen molar-refractivity contribution in [2.45, 2.75) is 51.5 Å². The van der Waals surface area contributed by atoms with E-state index in [0.717, 1.165) is 44.6 Å². The second-order valence-electron chi connectivity index (χ2n) is 7.90. The number of nitrogens with zero attached hydrogens (tertiary/aromatic N) is 2. The summed E-state index contributed by atoms with van der Waals surface area (Å²) in [4.78, 5) is 6.73.